The van der Waals surface area contributed by atoms with Crippen molar-refractivity contribution < 1.29 is 19.4 Å². The molecule has 1 saturated heterocycles. The summed E-state index contributed by atoms with van der Waals surface area (Å²) in [5, 5.41) is 20.8. The molecule has 0 bridgehead atoms. The number of anilines is 1. The number of benzene rings is 1. The molecule has 1 aromatic rings. The lowest BCUT2D eigenvalue weighted by Crippen LogP contribution is -2.39. The molecule has 0 spiro atoms. The lowest BCUT2D eigenvalue weighted by atomic mass is 9.81. The lowest BCUT2D eigenvalue weighted by Gasteiger charge is -2.29. The van der Waals surface area contributed by atoms with Gasteiger partial charge < -0.3 is 15.2 Å². The Bertz CT molecular complexity index is 621. The Morgan fingerprint density at radius 2 is 2.13 bits per heavy atom. The molecule has 23 heavy (non-hydrogen) atoms. The smallest absolute Gasteiger partial charge is 0.313 e. The third-order valence-electron chi connectivity index (χ3n) is 3.67. The summed E-state index contributed by atoms with van der Waals surface area (Å²) in [6.07, 6.45) is 0.785. The van der Waals surface area contributed by atoms with Crippen LogP contribution in [0.25, 0.3) is 0 Å². The van der Waals surface area contributed by atoms with Crippen LogP contribution in [0.5, 0.6) is 0 Å². The van der Waals surface area contributed by atoms with E-state index in [2.05, 4.69) is 11.4 Å². The van der Waals surface area contributed by atoms with Gasteiger partial charge in [0, 0.05) is 24.7 Å². The van der Waals surface area contributed by atoms with Crippen molar-refractivity contribution in [3.05, 3.63) is 29.8 Å². The number of ether oxygens (including phenoxy) is 1. The quantitative estimate of drug-likeness (QED) is 0.828. The number of nitrogens with one attached hydrogen (secondary N) is 1. The van der Waals surface area contributed by atoms with Gasteiger partial charge >= 0.3 is 5.97 Å². The first-order valence-electron chi connectivity index (χ1n) is 7.25. The minimum atomic E-state index is -1.04. The van der Waals surface area contributed by atoms with Crippen LogP contribution in [0.3, 0.4) is 0 Å². The molecule has 1 amide bonds. The fourth-order valence-corrected chi connectivity index (χ4v) is 3.05. The van der Waals surface area contributed by atoms with E-state index < -0.39 is 11.4 Å². The van der Waals surface area contributed by atoms with Gasteiger partial charge in [0.15, 0.2) is 0 Å². The third kappa shape index (κ3) is 4.71. The molecule has 7 heteroatoms. The number of hydrogen-bond acceptors (Lipinski definition) is 5. The highest BCUT2D eigenvalue weighted by molar-refractivity contribution is 7.99. The van der Waals surface area contributed by atoms with Crippen LogP contribution in [0, 0.1) is 16.7 Å². The van der Waals surface area contributed by atoms with Crippen molar-refractivity contribution >= 4 is 29.3 Å². The van der Waals surface area contributed by atoms with Crippen LogP contribution in [0.2, 0.25) is 0 Å². The molecule has 6 nitrogen and oxygen atoms in total. The fourth-order valence-electron chi connectivity index (χ4n) is 2.36. The van der Waals surface area contributed by atoms with Gasteiger partial charge in [0.05, 0.1) is 11.8 Å². The van der Waals surface area contributed by atoms with Crippen LogP contribution in [0.1, 0.15) is 18.4 Å². The zero-order valence-electron chi connectivity index (χ0n) is 12.6. The second-order valence-corrected chi connectivity index (χ2v) is 6.33. The predicted molar refractivity (Wildman–Crippen MR) is 87.0 cm³/mol. The third-order valence-corrected chi connectivity index (χ3v) is 4.66. The highest BCUT2D eigenvalue weighted by Gasteiger charge is 2.40. The van der Waals surface area contributed by atoms with Crippen molar-refractivity contribution in [2.24, 2.45) is 5.41 Å². The summed E-state index contributed by atoms with van der Waals surface area (Å²) in [6.45, 7) is 0.819. The number of nitrogens with zero attached hydrogens (tertiary/aromatic N) is 1. The molecule has 0 saturated carbocycles. The molecular weight excluding hydrogens is 316 g/mol. The lowest BCUT2D eigenvalue weighted by molar-refractivity contribution is -0.134. The molecule has 0 atom stereocenters. The van der Waals surface area contributed by atoms with Gasteiger partial charge in [-0.1, -0.05) is 12.1 Å². The summed E-state index contributed by atoms with van der Waals surface area (Å²) in [5.41, 5.74) is 0.503. The standard InChI is InChI=1S/C16H18N2O4S/c17-11-16(4-6-22-7-5-16)15(21)18-13-3-1-2-12(8-13)9-23-10-14(19)20/h1-3,8H,4-7,9-10H2,(H,18,21)(H,19,20). The largest absolute Gasteiger partial charge is 0.481 e. The topological polar surface area (TPSA) is 99.4 Å². The van der Waals surface area contributed by atoms with Gasteiger partial charge in [-0.25, -0.2) is 0 Å². The molecule has 1 aromatic carbocycles. The van der Waals surface area contributed by atoms with E-state index in [1.807, 2.05) is 6.07 Å². The maximum absolute atomic E-state index is 12.5. The first-order chi connectivity index (χ1) is 11.1. The van der Waals surface area contributed by atoms with E-state index in [0.717, 1.165) is 5.56 Å². The van der Waals surface area contributed by atoms with E-state index in [4.69, 9.17) is 9.84 Å². The van der Waals surface area contributed by atoms with Gasteiger partial charge in [-0.2, -0.15) is 5.26 Å². The minimum Gasteiger partial charge on any atom is -0.481 e. The zero-order valence-corrected chi connectivity index (χ0v) is 13.4. The Morgan fingerprint density at radius 1 is 1.39 bits per heavy atom. The number of carbonyl (C=O) groups is 2. The van der Waals surface area contributed by atoms with Crippen LogP contribution < -0.4 is 5.32 Å². The van der Waals surface area contributed by atoms with Crippen LogP contribution in [0.4, 0.5) is 5.69 Å². The highest BCUT2D eigenvalue weighted by Crippen LogP contribution is 2.31. The van der Waals surface area contributed by atoms with E-state index in [1.54, 1.807) is 18.2 Å². The van der Waals surface area contributed by atoms with Gasteiger partial charge in [0.25, 0.3) is 0 Å². The zero-order chi connectivity index (χ0) is 16.7. The van der Waals surface area contributed by atoms with E-state index in [0.29, 0.717) is 37.5 Å². The SMILES string of the molecule is N#CC1(C(=O)Nc2cccc(CSCC(=O)O)c2)CCOCC1. The van der Waals surface area contributed by atoms with Crippen LogP contribution in [0.15, 0.2) is 24.3 Å². The molecule has 1 aliphatic heterocycles. The van der Waals surface area contributed by atoms with Crippen molar-refractivity contribution in [3.63, 3.8) is 0 Å². The normalized spacial score (nSPS) is 16.3. The average Bonchev–Trinajstić information content (AvgIpc) is 2.55. The molecule has 1 fully saturated rings. The maximum Gasteiger partial charge on any atom is 0.313 e. The van der Waals surface area contributed by atoms with E-state index in [1.165, 1.54) is 11.8 Å². The van der Waals surface area contributed by atoms with Crippen molar-refractivity contribution in [1.29, 1.82) is 5.26 Å². The molecule has 2 rings (SSSR count). The summed E-state index contributed by atoms with van der Waals surface area (Å²) in [4.78, 5) is 23.0. The molecule has 0 unspecified atom stereocenters. The number of carboxylic acids is 1. The number of rotatable bonds is 6. The Balaban J connectivity index is 2.00. The highest BCUT2D eigenvalue weighted by atomic mass is 32.2. The molecule has 1 aliphatic rings. The summed E-state index contributed by atoms with van der Waals surface area (Å²) < 4.78 is 5.23. The monoisotopic (exact) mass is 334 g/mol. The number of thioether (sulfide) groups is 1. The molecule has 0 radical (unpaired) electrons. The van der Waals surface area contributed by atoms with Gasteiger partial charge in [-0.05, 0) is 30.5 Å². The Morgan fingerprint density at radius 3 is 2.78 bits per heavy atom. The predicted octanol–water partition coefficient (Wildman–Crippen LogP) is 2.26. The number of nitriles is 1. The van der Waals surface area contributed by atoms with Gasteiger partial charge in [0.2, 0.25) is 5.91 Å². The first-order valence-corrected chi connectivity index (χ1v) is 8.40. The van der Waals surface area contributed by atoms with Gasteiger partial charge in [-0.15, -0.1) is 11.8 Å². The Labute approximate surface area is 138 Å². The summed E-state index contributed by atoms with van der Waals surface area (Å²) >= 11 is 1.29. The van der Waals surface area contributed by atoms with E-state index >= 15 is 0 Å². The van der Waals surface area contributed by atoms with Crippen LogP contribution in [-0.4, -0.2) is 35.9 Å². The molecule has 0 aliphatic carbocycles. The average molecular weight is 334 g/mol. The van der Waals surface area contributed by atoms with Gasteiger partial charge in [0.1, 0.15) is 5.41 Å². The second kappa shape index (κ2) is 7.99. The second-order valence-electron chi connectivity index (χ2n) is 5.35. The first kappa shape index (κ1) is 17.3. The minimum absolute atomic E-state index is 0.0358. The number of carbonyl (C=O) groups excluding carboxylic acids is 1. The molecular formula is C16H18N2O4S. The van der Waals surface area contributed by atoms with Crippen LogP contribution >= 0.6 is 11.8 Å². The Hall–Kier alpha value is -2.04. The number of amides is 1. The molecule has 122 valence electrons. The number of hydrogen-bond donors (Lipinski definition) is 2. The van der Waals surface area contributed by atoms with Crippen molar-refractivity contribution in [1.82, 2.24) is 0 Å². The van der Waals surface area contributed by atoms with E-state index in [9.17, 15) is 14.9 Å². The Kier molecular flexibility index (Phi) is 6.02. The number of aliphatic carboxylic acids is 1. The van der Waals surface area contributed by atoms with Crippen molar-refractivity contribution in [2.45, 2.75) is 18.6 Å². The van der Waals surface area contributed by atoms with Crippen LogP contribution in [-0.2, 0) is 20.1 Å². The molecule has 1 heterocycles. The maximum atomic E-state index is 12.5. The van der Waals surface area contributed by atoms with Gasteiger partial charge in [-0.3, -0.25) is 9.59 Å². The summed E-state index contributed by atoms with van der Waals surface area (Å²) in [5.74, 6) is -0.574. The van der Waals surface area contributed by atoms with E-state index in [-0.39, 0.29) is 11.7 Å². The molecule has 2 N–H and O–H groups in total. The van der Waals surface area contributed by atoms with Crippen molar-refractivity contribution in [3.8, 4) is 6.07 Å². The summed E-state index contributed by atoms with van der Waals surface area (Å²) in [6, 6.07) is 9.37. The fraction of sp³-hybridized carbons (Fsp3) is 0.438. The number of carboxylic acid groups (broad SMARTS) is 1. The van der Waals surface area contributed by atoms with Crippen molar-refractivity contribution in [2.75, 3.05) is 24.3 Å². The summed E-state index contributed by atoms with van der Waals surface area (Å²) in [7, 11) is 0. The molecule has 0 aromatic heterocycles.